The van der Waals surface area contributed by atoms with Gasteiger partial charge >= 0.3 is 0 Å². The lowest BCUT2D eigenvalue weighted by Gasteiger charge is -2.35. The van der Waals surface area contributed by atoms with Crippen molar-refractivity contribution >= 4 is 17.5 Å². The molecule has 0 radical (unpaired) electrons. The lowest BCUT2D eigenvalue weighted by molar-refractivity contribution is -0.571. The van der Waals surface area contributed by atoms with E-state index in [1.54, 1.807) is 17.0 Å². The molecule has 2 amide bonds. The van der Waals surface area contributed by atoms with Crippen molar-refractivity contribution < 1.29 is 18.8 Å². The molecule has 164 valence electrons. The molecule has 2 heterocycles. The third-order valence-electron chi connectivity index (χ3n) is 6.30. The highest BCUT2D eigenvalue weighted by Crippen LogP contribution is 2.31. The number of piperazine rings is 1. The fourth-order valence-electron chi connectivity index (χ4n) is 4.37. The first-order chi connectivity index (χ1) is 15.5. The molecule has 1 aliphatic carbocycles. The van der Waals surface area contributed by atoms with Crippen LogP contribution < -0.4 is 0 Å². The van der Waals surface area contributed by atoms with Gasteiger partial charge in [-0.25, -0.2) is 4.39 Å². The fraction of sp³-hybridized carbons (Fsp3) is 0.375. The highest BCUT2D eigenvalue weighted by atomic mass is 19.1. The molecule has 2 aliphatic heterocycles. The van der Waals surface area contributed by atoms with Gasteiger partial charge in [0.1, 0.15) is 11.5 Å². The fourth-order valence-corrected chi connectivity index (χ4v) is 4.37. The van der Waals surface area contributed by atoms with Crippen LogP contribution in [0.5, 0.6) is 0 Å². The topological polar surface area (TPSA) is 73.1 Å². The minimum absolute atomic E-state index is 0.00754. The number of hydrogen-bond acceptors (Lipinski definition) is 3. The number of hydrogen-bond donors (Lipinski definition) is 0. The molecule has 0 bridgehead atoms. The van der Waals surface area contributed by atoms with Crippen molar-refractivity contribution in [2.24, 2.45) is 11.0 Å². The summed E-state index contributed by atoms with van der Waals surface area (Å²) in [5.41, 5.74) is 3.10. The Bertz CT molecular complexity index is 1130. The number of carbonyl (C=O) groups is 2. The Morgan fingerprint density at radius 3 is 2.50 bits per heavy atom. The first-order valence-electron chi connectivity index (χ1n) is 11.0. The number of halogens is 1. The standard InChI is InChI=1S/C24H24FN4O3/c25-21-8-5-16(14-22-19-4-2-1-3-18(19)15-29(32)26-22)13-20(21)24(31)28-11-9-27(10-12-28)23(30)17-6-7-17/h1-5,8,13,17H,6-7,9-12,14-15H2/q+1. The Hall–Kier alpha value is -3.42. The molecule has 0 atom stereocenters. The Morgan fingerprint density at radius 2 is 1.75 bits per heavy atom. The summed E-state index contributed by atoms with van der Waals surface area (Å²) in [6, 6.07) is 12.0. The average molecular weight is 435 g/mol. The number of fused-ring (bicyclic) bond motifs is 1. The van der Waals surface area contributed by atoms with Crippen LogP contribution in [0.2, 0.25) is 0 Å². The van der Waals surface area contributed by atoms with Crippen LogP contribution in [0.15, 0.2) is 47.6 Å². The summed E-state index contributed by atoms with van der Waals surface area (Å²) in [7, 11) is 0. The predicted molar refractivity (Wildman–Crippen MR) is 116 cm³/mol. The molecule has 5 rings (SSSR count). The molecule has 1 saturated heterocycles. The lowest BCUT2D eigenvalue weighted by Crippen LogP contribution is -2.51. The molecular formula is C24H24FN4O3+. The van der Waals surface area contributed by atoms with Crippen molar-refractivity contribution in [1.29, 1.82) is 0 Å². The quantitative estimate of drug-likeness (QED) is 0.694. The second-order valence-electron chi connectivity index (χ2n) is 8.60. The van der Waals surface area contributed by atoms with Crippen molar-refractivity contribution in [3.8, 4) is 0 Å². The van der Waals surface area contributed by atoms with Gasteiger partial charge in [-0.1, -0.05) is 30.3 Å². The summed E-state index contributed by atoms with van der Waals surface area (Å²) < 4.78 is 14.6. The van der Waals surface area contributed by atoms with Gasteiger partial charge in [-0.2, -0.15) is 0 Å². The molecule has 0 unspecified atom stereocenters. The number of amides is 2. The zero-order valence-electron chi connectivity index (χ0n) is 17.7. The van der Waals surface area contributed by atoms with Crippen molar-refractivity contribution in [3.63, 3.8) is 0 Å². The molecular weight excluding hydrogens is 411 g/mol. The summed E-state index contributed by atoms with van der Waals surface area (Å²) in [6.45, 7) is 1.95. The Balaban J connectivity index is 1.31. The van der Waals surface area contributed by atoms with Gasteiger partial charge < -0.3 is 9.80 Å². The summed E-state index contributed by atoms with van der Waals surface area (Å²) in [5, 5.41) is 4.12. The number of benzene rings is 2. The van der Waals surface area contributed by atoms with Crippen LogP contribution in [0.3, 0.4) is 0 Å². The normalized spacial score (nSPS) is 18.3. The largest absolute Gasteiger partial charge is 0.339 e. The predicted octanol–water partition coefficient (Wildman–Crippen LogP) is 2.76. The molecule has 2 fully saturated rings. The molecule has 0 N–H and O–H groups in total. The van der Waals surface area contributed by atoms with Crippen LogP contribution in [0.25, 0.3) is 0 Å². The van der Waals surface area contributed by atoms with Gasteiger partial charge in [0.2, 0.25) is 5.91 Å². The number of nitrogens with zero attached hydrogens (tertiary/aromatic N) is 4. The third kappa shape index (κ3) is 4.04. The van der Waals surface area contributed by atoms with Crippen LogP contribution in [-0.4, -0.2) is 58.4 Å². The van der Waals surface area contributed by atoms with Crippen LogP contribution in [0.4, 0.5) is 4.39 Å². The zero-order valence-corrected chi connectivity index (χ0v) is 17.7. The van der Waals surface area contributed by atoms with Crippen molar-refractivity contribution in [3.05, 3.63) is 75.4 Å². The van der Waals surface area contributed by atoms with E-state index in [-0.39, 0.29) is 29.8 Å². The molecule has 0 spiro atoms. The Morgan fingerprint density at radius 1 is 1.03 bits per heavy atom. The second kappa shape index (κ2) is 8.26. The van der Waals surface area contributed by atoms with E-state index in [1.165, 1.54) is 6.07 Å². The SMILES string of the molecule is O=C(c1cc(CC2=N[N+](=O)Cc3ccccc32)ccc1F)N1CCN(C(=O)C2CC2)CC1. The molecule has 0 aromatic heterocycles. The van der Waals surface area contributed by atoms with E-state index in [0.717, 1.165) is 24.0 Å². The van der Waals surface area contributed by atoms with Crippen molar-refractivity contribution in [2.75, 3.05) is 26.2 Å². The molecule has 7 nitrogen and oxygen atoms in total. The third-order valence-corrected chi connectivity index (χ3v) is 6.30. The smallest absolute Gasteiger partial charge is 0.256 e. The number of carbonyl (C=O) groups excluding carboxylic acids is 2. The zero-order chi connectivity index (χ0) is 22.2. The Labute approximate surface area is 185 Å². The summed E-state index contributed by atoms with van der Waals surface area (Å²) >= 11 is 0. The number of hydrazone groups is 1. The highest BCUT2D eigenvalue weighted by Gasteiger charge is 2.35. The highest BCUT2D eigenvalue weighted by molar-refractivity contribution is 6.03. The molecule has 1 saturated carbocycles. The second-order valence-corrected chi connectivity index (χ2v) is 8.60. The molecule has 32 heavy (non-hydrogen) atoms. The van der Waals surface area contributed by atoms with E-state index in [0.29, 0.717) is 48.7 Å². The van der Waals surface area contributed by atoms with Gasteiger partial charge in [0.05, 0.1) is 10.5 Å². The molecule has 2 aromatic rings. The first-order valence-corrected chi connectivity index (χ1v) is 11.0. The van der Waals surface area contributed by atoms with E-state index in [4.69, 9.17) is 0 Å². The molecule has 2 aromatic carbocycles. The van der Waals surface area contributed by atoms with Gasteiger partial charge in [-0.05, 0) is 30.5 Å². The molecule has 8 heteroatoms. The average Bonchev–Trinajstić information content (AvgIpc) is 3.65. The number of rotatable bonds is 4. The lowest BCUT2D eigenvalue weighted by atomic mass is 9.95. The van der Waals surface area contributed by atoms with Crippen molar-refractivity contribution in [2.45, 2.75) is 25.8 Å². The minimum atomic E-state index is -0.577. The van der Waals surface area contributed by atoms with E-state index >= 15 is 0 Å². The van der Waals surface area contributed by atoms with Gasteiger partial charge in [0.25, 0.3) is 12.5 Å². The maximum atomic E-state index is 14.6. The monoisotopic (exact) mass is 435 g/mol. The maximum Gasteiger partial charge on any atom is 0.256 e. The van der Waals surface area contributed by atoms with Gasteiger partial charge in [0.15, 0.2) is 4.87 Å². The summed E-state index contributed by atoms with van der Waals surface area (Å²) in [6.07, 6.45) is 2.23. The molecule has 3 aliphatic rings. The van der Waals surface area contributed by atoms with Crippen LogP contribution in [-0.2, 0) is 17.8 Å². The van der Waals surface area contributed by atoms with E-state index in [2.05, 4.69) is 5.10 Å². The van der Waals surface area contributed by atoms with Crippen LogP contribution in [0.1, 0.15) is 39.9 Å². The van der Waals surface area contributed by atoms with E-state index < -0.39 is 5.82 Å². The minimum Gasteiger partial charge on any atom is -0.339 e. The summed E-state index contributed by atoms with van der Waals surface area (Å²) in [4.78, 5) is 41.3. The first kappa shape index (κ1) is 20.5. The Kier molecular flexibility index (Phi) is 5.28. The van der Waals surface area contributed by atoms with Crippen LogP contribution in [0, 0.1) is 16.6 Å². The van der Waals surface area contributed by atoms with Crippen LogP contribution >= 0.6 is 0 Å². The number of nitroso groups, excluding NO2 is 1. The van der Waals surface area contributed by atoms with E-state index in [1.807, 2.05) is 29.2 Å². The van der Waals surface area contributed by atoms with Crippen molar-refractivity contribution in [1.82, 2.24) is 9.80 Å². The summed E-state index contributed by atoms with van der Waals surface area (Å²) in [5.74, 6) is -0.624. The maximum absolute atomic E-state index is 14.6. The van der Waals surface area contributed by atoms with Gasteiger partial charge in [0, 0.05) is 54.7 Å². The van der Waals surface area contributed by atoms with E-state index in [9.17, 15) is 18.9 Å². The van der Waals surface area contributed by atoms with Gasteiger partial charge in [-0.3, -0.25) is 9.59 Å². The van der Waals surface area contributed by atoms with Gasteiger partial charge in [-0.15, -0.1) is 0 Å².